The zero-order valence-corrected chi connectivity index (χ0v) is 12.1. The van der Waals surface area contributed by atoms with Gasteiger partial charge in [0.15, 0.2) is 0 Å². The lowest BCUT2D eigenvalue weighted by Gasteiger charge is -2.20. The maximum absolute atomic E-state index is 12.3. The summed E-state index contributed by atoms with van der Waals surface area (Å²) in [6.45, 7) is 0.987. The van der Waals surface area contributed by atoms with Gasteiger partial charge in [0.2, 0.25) is 10.0 Å². The zero-order valence-electron chi connectivity index (χ0n) is 11.3. The Kier molecular flexibility index (Phi) is 4.89. The van der Waals surface area contributed by atoms with Crippen LogP contribution in [0.1, 0.15) is 5.56 Å². The van der Waals surface area contributed by atoms with Crippen molar-refractivity contribution in [1.29, 1.82) is 5.26 Å². The van der Waals surface area contributed by atoms with Gasteiger partial charge in [-0.15, -0.1) is 0 Å². The summed E-state index contributed by atoms with van der Waals surface area (Å²) in [5, 5.41) is 8.74. The molecule has 0 unspecified atom stereocenters. The molecule has 2 N–H and O–H groups in total. The Morgan fingerprint density at radius 2 is 1.89 bits per heavy atom. The Bertz CT molecular complexity index is 590. The first-order valence-corrected chi connectivity index (χ1v) is 7.13. The minimum Gasteiger partial charge on any atom is -0.398 e. The third-order valence-corrected chi connectivity index (χ3v) is 4.62. The monoisotopic (exact) mass is 282 g/mol. The van der Waals surface area contributed by atoms with Crippen LogP contribution in [0.3, 0.4) is 0 Å². The molecule has 1 aromatic rings. The predicted octanol–water partition coefficient (Wildman–Crippen LogP) is 0.323. The molecule has 0 bridgehead atoms. The van der Waals surface area contributed by atoms with Crippen LogP contribution in [0.2, 0.25) is 0 Å². The summed E-state index contributed by atoms with van der Waals surface area (Å²) in [7, 11) is 1.64. The molecule has 0 heterocycles. The summed E-state index contributed by atoms with van der Waals surface area (Å²) in [5.41, 5.74) is 6.14. The Balaban J connectivity index is 3.04. The van der Waals surface area contributed by atoms with Crippen molar-refractivity contribution in [1.82, 2.24) is 9.21 Å². The van der Waals surface area contributed by atoms with E-state index >= 15 is 0 Å². The van der Waals surface area contributed by atoms with E-state index in [1.807, 2.05) is 25.1 Å². The number of hydrogen-bond donors (Lipinski definition) is 1. The molecule has 0 amide bonds. The van der Waals surface area contributed by atoms with E-state index in [1.165, 1.54) is 29.6 Å². The second kappa shape index (κ2) is 6.02. The highest BCUT2D eigenvalue weighted by molar-refractivity contribution is 7.89. The van der Waals surface area contributed by atoms with Crippen molar-refractivity contribution in [2.75, 3.05) is 40.0 Å². The molecule has 0 aliphatic carbocycles. The highest BCUT2D eigenvalue weighted by Gasteiger charge is 2.23. The van der Waals surface area contributed by atoms with Crippen molar-refractivity contribution in [3.8, 4) is 6.07 Å². The maximum atomic E-state index is 12.3. The van der Waals surface area contributed by atoms with Gasteiger partial charge < -0.3 is 10.6 Å². The number of anilines is 1. The van der Waals surface area contributed by atoms with E-state index in [0.717, 1.165) is 0 Å². The van der Waals surface area contributed by atoms with E-state index in [2.05, 4.69) is 0 Å². The van der Waals surface area contributed by atoms with Crippen LogP contribution in [0.15, 0.2) is 23.1 Å². The van der Waals surface area contributed by atoms with Crippen molar-refractivity contribution >= 4 is 15.7 Å². The van der Waals surface area contributed by atoms with E-state index in [9.17, 15) is 8.42 Å². The van der Waals surface area contributed by atoms with Gasteiger partial charge in [0.1, 0.15) is 4.90 Å². The number of hydrogen-bond acceptors (Lipinski definition) is 5. The predicted molar refractivity (Wildman–Crippen MR) is 73.9 cm³/mol. The first-order chi connectivity index (χ1) is 8.78. The van der Waals surface area contributed by atoms with Crippen LogP contribution in [0, 0.1) is 11.3 Å². The molecular weight excluding hydrogens is 264 g/mol. The molecule has 0 aromatic heterocycles. The van der Waals surface area contributed by atoms with Crippen molar-refractivity contribution in [2.24, 2.45) is 0 Å². The summed E-state index contributed by atoms with van der Waals surface area (Å²) in [6.07, 6.45) is 0. The average molecular weight is 282 g/mol. The van der Waals surface area contributed by atoms with Gasteiger partial charge in [-0.25, -0.2) is 8.42 Å². The summed E-state index contributed by atoms with van der Waals surface area (Å²) in [6, 6.07) is 6.11. The van der Waals surface area contributed by atoms with Crippen LogP contribution in [0.5, 0.6) is 0 Å². The first-order valence-electron chi connectivity index (χ1n) is 5.69. The fourth-order valence-corrected chi connectivity index (χ4v) is 2.74. The van der Waals surface area contributed by atoms with E-state index in [-0.39, 0.29) is 10.6 Å². The summed E-state index contributed by atoms with van der Waals surface area (Å²) in [5.74, 6) is 0. The van der Waals surface area contributed by atoms with Gasteiger partial charge in [0.05, 0.1) is 17.3 Å². The van der Waals surface area contributed by atoms with Crippen LogP contribution in [-0.4, -0.2) is 51.9 Å². The van der Waals surface area contributed by atoms with Crippen molar-refractivity contribution in [3.05, 3.63) is 23.8 Å². The molecule has 19 heavy (non-hydrogen) atoms. The highest BCUT2D eigenvalue weighted by Crippen LogP contribution is 2.22. The molecule has 0 saturated heterocycles. The Morgan fingerprint density at radius 3 is 2.37 bits per heavy atom. The van der Waals surface area contributed by atoms with Crippen molar-refractivity contribution in [3.63, 3.8) is 0 Å². The van der Waals surface area contributed by atoms with Gasteiger partial charge in [-0.3, -0.25) is 0 Å². The van der Waals surface area contributed by atoms with Crippen molar-refractivity contribution < 1.29 is 8.42 Å². The molecular formula is C12H18N4O2S. The van der Waals surface area contributed by atoms with Gasteiger partial charge in [-0.05, 0) is 32.3 Å². The van der Waals surface area contributed by atoms with E-state index < -0.39 is 10.0 Å². The van der Waals surface area contributed by atoms with E-state index in [4.69, 9.17) is 11.0 Å². The second-order valence-electron chi connectivity index (χ2n) is 4.49. The van der Waals surface area contributed by atoms with Crippen molar-refractivity contribution in [2.45, 2.75) is 4.90 Å². The quantitative estimate of drug-likeness (QED) is 0.786. The standard InChI is InChI=1S/C12H18N4O2S/c1-15(2)6-7-16(3)19(17,18)12-5-4-10(9-13)8-11(12)14/h4-5,8H,6-7,14H2,1-3H3. The molecule has 0 radical (unpaired) electrons. The number of nitriles is 1. The van der Waals surface area contributed by atoms with Crippen LogP contribution >= 0.6 is 0 Å². The molecule has 1 aromatic carbocycles. The third kappa shape index (κ3) is 3.67. The van der Waals surface area contributed by atoms with Crippen LogP contribution in [0.4, 0.5) is 5.69 Å². The van der Waals surface area contributed by atoms with Crippen LogP contribution < -0.4 is 5.73 Å². The van der Waals surface area contributed by atoms with Gasteiger partial charge >= 0.3 is 0 Å². The number of benzene rings is 1. The molecule has 0 aliphatic rings. The second-order valence-corrected chi connectivity index (χ2v) is 6.51. The maximum Gasteiger partial charge on any atom is 0.244 e. The molecule has 0 saturated carbocycles. The minimum atomic E-state index is -3.62. The molecule has 0 atom stereocenters. The molecule has 0 aliphatic heterocycles. The molecule has 7 heteroatoms. The molecule has 0 spiro atoms. The van der Waals surface area contributed by atoms with Gasteiger partial charge in [-0.1, -0.05) is 0 Å². The van der Waals surface area contributed by atoms with E-state index in [1.54, 1.807) is 0 Å². The molecule has 0 fully saturated rings. The molecule has 104 valence electrons. The molecule has 1 rings (SSSR count). The number of nitrogens with two attached hydrogens (primary N) is 1. The fourth-order valence-electron chi connectivity index (χ4n) is 1.48. The Hall–Kier alpha value is -1.62. The summed E-state index contributed by atoms with van der Waals surface area (Å²) < 4.78 is 25.9. The lowest BCUT2D eigenvalue weighted by molar-refractivity contribution is 0.358. The summed E-state index contributed by atoms with van der Waals surface area (Å²) >= 11 is 0. The highest BCUT2D eigenvalue weighted by atomic mass is 32.2. The topological polar surface area (TPSA) is 90.4 Å². The van der Waals surface area contributed by atoms with Gasteiger partial charge in [0.25, 0.3) is 0 Å². The average Bonchev–Trinajstić information content (AvgIpc) is 2.35. The summed E-state index contributed by atoms with van der Waals surface area (Å²) in [4.78, 5) is 1.93. The SMILES string of the molecule is CN(C)CCN(C)S(=O)(=O)c1ccc(C#N)cc1N. The van der Waals surface area contributed by atoms with Gasteiger partial charge in [-0.2, -0.15) is 9.57 Å². The van der Waals surface area contributed by atoms with Crippen LogP contribution in [-0.2, 0) is 10.0 Å². The largest absolute Gasteiger partial charge is 0.398 e. The van der Waals surface area contributed by atoms with Gasteiger partial charge in [0, 0.05) is 20.1 Å². The number of sulfonamides is 1. The Morgan fingerprint density at radius 1 is 1.26 bits per heavy atom. The number of nitrogen functional groups attached to an aromatic ring is 1. The number of rotatable bonds is 5. The smallest absolute Gasteiger partial charge is 0.244 e. The number of likely N-dealkylation sites (N-methyl/N-ethyl adjacent to an activating group) is 2. The lowest BCUT2D eigenvalue weighted by Crippen LogP contribution is -2.33. The molecule has 6 nitrogen and oxygen atoms in total. The third-order valence-electron chi connectivity index (χ3n) is 2.69. The normalized spacial score (nSPS) is 11.8. The number of nitrogens with zero attached hydrogens (tertiary/aromatic N) is 3. The van der Waals surface area contributed by atoms with E-state index in [0.29, 0.717) is 18.7 Å². The fraction of sp³-hybridized carbons (Fsp3) is 0.417. The zero-order chi connectivity index (χ0) is 14.6. The lowest BCUT2D eigenvalue weighted by atomic mass is 10.2. The van der Waals surface area contributed by atoms with Crippen LogP contribution in [0.25, 0.3) is 0 Å². The Labute approximate surface area is 114 Å². The minimum absolute atomic E-state index is 0.0350. The first kappa shape index (κ1) is 15.4.